The molecule has 6 heteroatoms. The minimum Gasteiger partial charge on any atom is -0.381 e. The first-order chi connectivity index (χ1) is 9.99. The van der Waals surface area contributed by atoms with Gasteiger partial charge in [-0.05, 0) is 41.8 Å². The van der Waals surface area contributed by atoms with Gasteiger partial charge in [0.25, 0.3) is 5.69 Å². The van der Waals surface area contributed by atoms with Gasteiger partial charge < -0.3 is 5.32 Å². The van der Waals surface area contributed by atoms with Gasteiger partial charge in [0.15, 0.2) is 0 Å². The van der Waals surface area contributed by atoms with Crippen LogP contribution in [0.5, 0.6) is 0 Å². The summed E-state index contributed by atoms with van der Waals surface area (Å²) in [4.78, 5) is 10.5. The van der Waals surface area contributed by atoms with E-state index in [1.807, 2.05) is 18.2 Å². The van der Waals surface area contributed by atoms with E-state index < -0.39 is 0 Å². The zero-order valence-electron chi connectivity index (χ0n) is 11.4. The molecule has 110 valence electrons. The Kier molecular flexibility index (Phi) is 5.36. The summed E-state index contributed by atoms with van der Waals surface area (Å²) in [5.41, 5.74) is 3.20. The molecule has 21 heavy (non-hydrogen) atoms. The van der Waals surface area contributed by atoms with Gasteiger partial charge in [-0.15, -0.1) is 0 Å². The molecule has 0 saturated carbocycles. The monoisotopic (exact) mass is 412 g/mol. The lowest BCUT2D eigenvalue weighted by Gasteiger charge is -2.12. The SMILES string of the molecule is CCc1cc(Br)ccc1NCc1cc(Br)cc([N+](=O)[O-])c1. The van der Waals surface area contributed by atoms with Crippen LogP contribution < -0.4 is 5.32 Å². The van der Waals surface area contributed by atoms with Crippen molar-refractivity contribution in [3.8, 4) is 0 Å². The molecule has 4 nitrogen and oxygen atoms in total. The van der Waals surface area contributed by atoms with Crippen molar-refractivity contribution < 1.29 is 4.92 Å². The van der Waals surface area contributed by atoms with Crippen molar-refractivity contribution in [2.24, 2.45) is 0 Å². The Morgan fingerprint density at radius 1 is 1.14 bits per heavy atom. The summed E-state index contributed by atoms with van der Waals surface area (Å²) in [6.45, 7) is 2.63. The molecule has 0 aliphatic heterocycles. The van der Waals surface area contributed by atoms with Crippen molar-refractivity contribution in [1.82, 2.24) is 0 Å². The van der Waals surface area contributed by atoms with Crippen LogP contribution in [0.25, 0.3) is 0 Å². The number of halogens is 2. The first kappa shape index (κ1) is 16.0. The number of nitrogens with zero attached hydrogens (tertiary/aromatic N) is 1. The van der Waals surface area contributed by atoms with Crippen molar-refractivity contribution in [3.63, 3.8) is 0 Å². The second kappa shape index (κ2) is 7.04. The second-order valence-corrected chi connectivity index (χ2v) is 6.41. The number of rotatable bonds is 5. The van der Waals surface area contributed by atoms with Crippen molar-refractivity contribution in [1.29, 1.82) is 0 Å². The minimum atomic E-state index is -0.384. The van der Waals surface area contributed by atoms with Crippen LogP contribution in [-0.4, -0.2) is 4.92 Å². The Morgan fingerprint density at radius 2 is 1.90 bits per heavy atom. The fraction of sp³-hybridized carbons (Fsp3) is 0.200. The van der Waals surface area contributed by atoms with Gasteiger partial charge in [-0.25, -0.2) is 0 Å². The van der Waals surface area contributed by atoms with Gasteiger partial charge in [-0.1, -0.05) is 38.8 Å². The highest BCUT2D eigenvalue weighted by atomic mass is 79.9. The average Bonchev–Trinajstić information content (AvgIpc) is 2.45. The number of anilines is 1. The quantitative estimate of drug-likeness (QED) is 0.534. The van der Waals surface area contributed by atoms with Crippen LogP contribution in [-0.2, 0) is 13.0 Å². The lowest BCUT2D eigenvalue weighted by Crippen LogP contribution is -2.03. The molecule has 0 heterocycles. The Balaban J connectivity index is 2.18. The third-order valence-electron chi connectivity index (χ3n) is 3.08. The van der Waals surface area contributed by atoms with Gasteiger partial charge in [-0.2, -0.15) is 0 Å². The highest BCUT2D eigenvalue weighted by molar-refractivity contribution is 9.10. The van der Waals surface area contributed by atoms with Gasteiger partial charge in [0.2, 0.25) is 0 Å². The van der Waals surface area contributed by atoms with Gasteiger partial charge in [0.1, 0.15) is 0 Å². The van der Waals surface area contributed by atoms with Gasteiger partial charge >= 0.3 is 0 Å². The number of hydrogen-bond donors (Lipinski definition) is 1. The lowest BCUT2D eigenvalue weighted by atomic mass is 10.1. The number of hydrogen-bond acceptors (Lipinski definition) is 3. The fourth-order valence-electron chi connectivity index (χ4n) is 2.07. The summed E-state index contributed by atoms with van der Waals surface area (Å²) in [5.74, 6) is 0. The molecule has 0 unspecified atom stereocenters. The van der Waals surface area contributed by atoms with Crippen LogP contribution in [0, 0.1) is 10.1 Å². The molecular weight excluding hydrogens is 400 g/mol. The summed E-state index contributed by atoms with van der Waals surface area (Å²) >= 11 is 6.77. The predicted octanol–water partition coefficient (Wildman–Crippen LogP) is 5.29. The normalized spacial score (nSPS) is 10.4. The maximum absolute atomic E-state index is 10.9. The highest BCUT2D eigenvalue weighted by Crippen LogP contribution is 2.24. The molecule has 0 saturated heterocycles. The summed E-state index contributed by atoms with van der Waals surface area (Å²) in [5, 5.41) is 14.2. The highest BCUT2D eigenvalue weighted by Gasteiger charge is 2.09. The zero-order chi connectivity index (χ0) is 15.4. The predicted molar refractivity (Wildman–Crippen MR) is 91.6 cm³/mol. The van der Waals surface area contributed by atoms with E-state index in [1.165, 1.54) is 11.6 Å². The molecule has 0 aliphatic carbocycles. The van der Waals surface area contributed by atoms with E-state index in [1.54, 1.807) is 6.07 Å². The van der Waals surface area contributed by atoms with Crippen LogP contribution in [0.3, 0.4) is 0 Å². The van der Waals surface area contributed by atoms with Crippen molar-refractivity contribution in [3.05, 3.63) is 66.6 Å². The summed E-state index contributed by atoms with van der Waals surface area (Å²) < 4.78 is 1.75. The summed E-state index contributed by atoms with van der Waals surface area (Å²) in [6.07, 6.45) is 0.917. The van der Waals surface area contributed by atoms with Crippen LogP contribution in [0.4, 0.5) is 11.4 Å². The number of benzene rings is 2. The largest absolute Gasteiger partial charge is 0.381 e. The fourth-order valence-corrected chi connectivity index (χ4v) is 3.00. The van der Waals surface area contributed by atoms with Gasteiger partial charge in [-0.3, -0.25) is 10.1 Å². The Labute approximate surface area is 140 Å². The van der Waals surface area contributed by atoms with Crippen LogP contribution in [0.15, 0.2) is 45.3 Å². The Bertz CT molecular complexity index is 675. The molecule has 0 aromatic heterocycles. The van der Waals surface area contributed by atoms with E-state index in [-0.39, 0.29) is 10.6 Å². The standard InChI is InChI=1S/C15H14Br2N2O2/c1-2-11-7-12(16)3-4-15(11)18-9-10-5-13(17)8-14(6-10)19(20)21/h3-8,18H,2,9H2,1H3. The summed E-state index contributed by atoms with van der Waals surface area (Å²) in [7, 11) is 0. The zero-order valence-corrected chi connectivity index (χ0v) is 14.6. The molecule has 1 N–H and O–H groups in total. The number of aryl methyl sites for hydroxylation is 1. The van der Waals surface area contributed by atoms with Crippen molar-refractivity contribution in [2.75, 3.05) is 5.32 Å². The van der Waals surface area contributed by atoms with Gasteiger partial charge in [0.05, 0.1) is 4.92 Å². The third kappa shape index (κ3) is 4.28. The number of nitro benzene ring substituents is 1. The number of nitrogens with one attached hydrogen (secondary N) is 1. The van der Waals surface area contributed by atoms with Crippen LogP contribution in [0.1, 0.15) is 18.1 Å². The van der Waals surface area contributed by atoms with Crippen LogP contribution >= 0.6 is 31.9 Å². The molecule has 0 amide bonds. The third-order valence-corrected chi connectivity index (χ3v) is 4.04. The van der Waals surface area contributed by atoms with E-state index in [4.69, 9.17) is 0 Å². The van der Waals surface area contributed by atoms with Crippen molar-refractivity contribution >= 4 is 43.2 Å². The van der Waals surface area contributed by atoms with E-state index in [9.17, 15) is 10.1 Å². The Morgan fingerprint density at radius 3 is 2.57 bits per heavy atom. The molecule has 0 atom stereocenters. The lowest BCUT2D eigenvalue weighted by molar-refractivity contribution is -0.385. The molecule has 2 aromatic rings. The first-order valence-electron chi connectivity index (χ1n) is 6.45. The van der Waals surface area contributed by atoms with Crippen LogP contribution in [0.2, 0.25) is 0 Å². The number of non-ortho nitro benzene ring substituents is 1. The topological polar surface area (TPSA) is 55.2 Å². The molecule has 0 aliphatic rings. The molecule has 0 spiro atoms. The van der Waals surface area contributed by atoms with E-state index >= 15 is 0 Å². The van der Waals surface area contributed by atoms with Crippen molar-refractivity contribution in [2.45, 2.75) is 19.9 Å². The molecule has 0 bridgehead atoms. The number of nitro groups is 1. The molecule has 0 radical (unpaired) electrons. The maximum Gasteiger partial charge on any atom is 0.270 e. The molecule has 2 rings (SSSR count). The van der Waals surface area contributed by atoms with E-state index in [0.29, 0.717) is 11.0 Å². The van der Waals surface area contributed by atoms with E-state index in [2.05, 4.69) is 50.2 Å². The average molecular weight is 414 g/mol. The molecular formula is C15H14Br2N2O2. The minimum absolute atomic E-state index is 0.0905. The molecule has 2 aromatic carbocycles. The smallest absolute Gasteiger partial charge is 0.270 e. The maximum atomic E-state index is 10.9. The summed E-state index contributed by atoms with van der Waals surface area (Å²) in [6, 6.07) is 11.0. The van der Waals surface area contributed by atoms with E-state index in [0.717, 1.165) is 22.1 Å². The second-order valence-electron chi connectivity index (χ2n) is 4.58. The van der Waals surface area contributed by atoms with Gasteiger partial charge in [0, 0.05) is 33.3 Å². The molecule has 0 fully saturated rings. The Hall–Kier alpha value is -1.40. The first-order valence-corrected chi connectivity index (χ1v) is 8.04.